The molecule has 358 valence electrons. The molecule has 0 spiro atoms. The molecule has 0 saturated carbocycles. The molecule has 0 aromatic carbocycles. The van der Waals surface area contributed by atoms with Gasteiger partial charge >= 0.3 is 11.9 Å². The topological polar surface area (TPSA) is 114 Å². The second kappa shape index (κ2) is 35.2. The number of carbonyl (C=O) groups excluding carboxylic acids is 3. The summed E-state index contributed by atoms with van der Waals surface area (Å²) in [5.41, 5.74) is -0.740. The minimum Gasteiger partial charge on any atom is -0.455 e. The zero-order valence-electron chi connectivity index (χ0n) is 40.0. The van der Waals surface area contributed by atoms with Gasteiger partial charge in [0.25, 0.3) is 0 Å². The molecule has 2 aliphatic heterocycles. The second-order valence-electron chi connectivity index (χ2n) is 18.6. The van der Waals surface area contributed by atoms with Crippen molar-refractivity contribution >= 4 is 41.2 Å². The number of aliphatic hydroxyl groups is 1. The summed E-state index contributed by atoms with van der Waals surface area (Å²) in [5.74, 6) is -0.527. The molecular formula is C50H93ClN2O7S. The third kappa shape index (κ3) is 23.6. The number of hydrogen-bond donors (Lipinski definition) is 2. The van der Waals surface area contributed by atoms with Gasteiger partial charge in [-0.2, -0.15) is 0 Å². The van der Waals surface area contributed by atoms with Gasteiger partial charge in [0.1, 0.15) is 17.6 Å². The van der Waals surface area contributed by atoms with Crippen molar-refractivity contribution in [3.05, 3.63) is 0 Å². The highest BCUT2D eigenvalue weighted by Gasteiger charge is 2.53. The summed E-state index contributed by atoms with van der Waals surface area (Å²) in [5, 5.41) is 14.5. The normalized spacial score (nSPS) is 24.1. The average Bonchev–Trinajstić information content (AvgIpc) is 3.61. The van der Waals surface area contributed by atoms with Crippen molar-refractivity contribution in [2.24, 2.45) is 5.92 Å². The Morgan fingerprint density at radius 1 is 0.689 bits per heavy atom. The molecule has 2 N–H and O–H groups in total. The first-order valence-corrected chi connectivity index (χ1v) is 27.2. The number of esters is 2. The van der Waals surface area contributed by atoms with E-state index in [4.69, 9.17) is 25.8 Å². The molecule has 0 unspecified atom stereocenters. The van der Waals surface area contributed by atoms with Crippen LogP contribution in [0, 0.1) is 5.92 Å². The molecule has 0 aromatic rings. The van der Waals surface area contributed by atoms with Crippen molar-refractivity contribution in [1.29, 1.82) is 0 Å². The van der Waals surface area contributed by atoms with Crippen LogP contribution in [0.5, 0.6) is 0 Å². The maximum atomic E-state index is 13.8. The lowest BCUT2D eigenvalue weighted by atomic mass is 9.92. The summed E-state index contributed by atoms with van der Waals surface area (Å²) in [6, 6.07) is -1.08. The standard InChI is InChI=1S/C50H93ClN2O7S/c1-7-10-12-14-16-18-20-22-24-26-28-30-32-35-42(54)58-47-45(56)46(44(39(4)51)52-49(57)41-37-40(34-9-3)38-53(41)5)60-50(61-6)48(47)59-43(55)36-33-31-29-27-25-23-21-19-17-15-13-11-8-2/h39-41,44-48,50,56H,7-38H2,1-6H3,(H,52,57)/t39-,40+,41-,44+,45-,46+,47+,48+,50+/m0/s1. The van der Waals surface area contributed by atoms with Gasteiger partial charge < -0.3 is 24.6 Å². The monoisotopic (exact) mass is 901 g/mol. The summed E-state index contributed by atoms with van der Waals surface area (Å²) in [7, 11) is 1.97. The van der Waals surface area contributed by atoms with Gasteiger partial charge in [-0.1, -0.05) is 181 Å². The molecule has 0 radical (unpaired) electrons. The highest BCUT2D eigenvalue weighted by Crippen LogP contribution is 2.35. The SMILES string of the molecule is CCCCCCCCCCCCCCCC(=O)O[C@@H]1[C@@H](O)[C@@H]([C@H](NC(=O)[C@@H]2C[C@@H](CCC)CN2C)[C@H](C)Cl)O[C@H](SC)[C@@H]1OC(=O)CCCCCCCCCCCCCCC. The molecule has 2 fully saturated rings. The van der Waals surface area contributed by atoms with Crippen LogP contribution in [0.4, 0.5) is 0 Å². The molecule has 9 nitrogen and oxygen atoms in total. The van der Waals surface area contributed by atoms with Crippen molar-refractivity contribution < 1.29 is 33.7 Å². The number of alkyl halides is 1. The molecule has 0 bridgehead atoms. The Labute approximate surface area is 383 Å². The number of aliphatic hydroxyl groups excluding tert-OH is 1. The maximum absolute atomic E-state index is 13.8. The van der Waals surface area contributed by atoms with Crippen LogP contribution in [-0.2, 0) is 28.6 Å². The van der Waals surface area contributed by atoms with Crippen LogP contribution in [0.1, 0.15) is 227 Å². The Morgan fingerprint density at radius 3 is 1.49 bits per heavy atom. The van der Waals surface area contributed by atoms with Gasteiger partial charge in [-0.15, -0.1) is 23.4 Å². The van der Waals surface area contributed by atoms with Gasteiger partial charge in [-0.05, 0) is 51.8 Å². The van der Waals surface area contributed by atoms with Crippen LogP contribution in [-0.4, -0.2) is 95.0 Å². The fourth-order valence-electron chi connectivity index (χ4n) is 9.34. The van der Waals surface area contributed by atoms with Crippen molar-refractivity contribution in [3.63, 3.8) is 0 Å². The number of nitrogens with one attached hydrogen (secondary N) is 1. The lowest BCUT2D eigenvalue weighted by Crippen LogP contribution is -2.66. The maximum Gasteiger partial charge on any atom is 0.306 e. The number of likely N-dealkylation sites (N-methyl/N-ethyl adjacent to an activating group) is 1. The number of thioether (sulfide) groups is 1. The third-order valence-electron chi connectivity index (χ3n) is 13.1. The van der Waals surface area contributed by atoms with Crippen molar-refractivity contribution in [3.8, 4) is 0 Å². The summed E-state index contributed by atoms with van der Waals surface area (Å²) in [6.45, 7) is 9.30. The molecule has 0 aliphatic carbocycles. The molecule has 1 amide bonds. The zero-order valence-corrected chi connectivity index (χ0v) is 41.5. The van der Waals surface area contributed by atoms with E-state index in [1.807, 2.05) is 13.3 Å². The van der Waals surface area contributed by atoms with E-state index in [0.29, 0.717) is 12.3 Å². The van der Waals surface area contributed by atoms with E-state index in [1.165, 1.54) is 134 Å². The van der Waals surface area contributed by atoms with Crippen LogP contribution < -0.4 is 5.32 Å². The smallest absolute Gasteiger partial charge is 0.306 e. The quantitative estimate of drug-likeness (QED) is 0.0357. The minimum atomic E-state index is -1.38. The number of unbranched alkanes of at least 4 members (excludes halogenated alkanes) is 24. The van der Waals surface area contributed by atoms with Gasteiger partial charge in [0.2, 0.25) is 5.91 Å². The van der Waals surface area contributed by atoms with Crippen LogP contribution in [0.25, 0.3) is 0 Å². The average molecular weight is 902 g/mol. The van der Waals surface area contributed by atoms with E-state index in [-0.39, 0.29) is 30.8 Å². The summed E-state index contributed by atoms with van der Waals surface area (Å²) in [6.07, 6.45) is 32.2. The number of ether oxygens (including phenoxy) is 3. The highest BCUT2D eigenvalue weighted by molar-refractivity contribution is 7.99. The van der Waals surface area contributed by atoms with Crippen LogP contribution >= 0.6 is 23.4 Å². The fraction of sp³-hybridized carbons (Fsp3) is 0.940. The number of nitrogens with zero attached hydrogens (tertiary/aromatic N) is 1. The molecule has 2 aliphatic rings. The number of halogens is 1. The van der Waals surface area contributed by atoms with Gasteiger partial charge in [-0.3, -0.25) is 19.3 Å². The Morgan fingerprint density at radius 2 is 1.10 bits per heavy atom. The van der Waals surface area contributed by atoms with E-state index >= 15 is 0 Å². The first-order chi connectivity index (χ1) is 29.6. The Kier molecular flexibility index (Phi) is 32.4. The van der Waals surface area contributed by atoms with Gasteiger partial charge in [0.15, 0.2) is 12.2 Å². The van der Waals surface area contributed by atoms with E-state index in [9.17, 15) is 19.5 Å². The fourth-order valence-corrected chi connectivity index (χ4v) is 10.3. The van der Waals surface area contributed by atoms with Gasteiger partial charge in [0.05, 0.1) is 17.5 Å². The van der Waals surface area contributed by atoms with Crippen molar-refractivity contribution in [2.45, 2.75) is 274 Å². The van der Waals surface area contributed by atoms with E-state index < -0.39 is 47.2 Å². The molecule has 9 atom stereocenters. The summed E-state index contributed by atoms with van der Waals surface area (Å²) in [4.78, 5) is 42.6. The van der Waals surface area contributed by atoms with Crippen LogP contribution in [0.15, 0.2) is 0 Å². The number of likely N-dealkylation sites (tertiary alicyclic amines) is 1. The second-order valence-corrected chi connectivity index (χ2v) is 20.3. The van der Waals surface area contributed by atoms with Gasteiger partial charge in [-0.25, -0.2) is 0 Å². The molecule has 2 rings (SSSR count). The van der Waals surface area contributed by atoms with Gasteiger partial charge in [0, 0.05) is 19.4 Å². The number of rotatable bonds is 37. The first kappa shape index (κ1) is 56.1. The summed E-state index contributed by atoms with van der Waals surface area (Å²) < 4.78 is 18.6. The van der Waals surface area contributed by atoms with E-state index in [1.54, 1.807) is 6.92 Å². The van der Waals surface area contributed by atoms with Crippen molar-refractivity contribution in [1.82, 2.24) is 10.2 Å². The first-order valence-electron chi connectivity index (χ1n) is 25.5. The molecule has 11 heteroatoms. The summed E-state index contributed by atoms with van der Waals surface area (Å²) >= 11 is 8.10. The number of amides is 1. The minimum absolute atomic E-state index is 0.155. The van der Waals surface area contributed by atoms with Crippen molar-refractivity contribution in [2.75, 3.05) is 19.8 Å². The lowest BCUT2D eigenvalue weighted by molar-refractivity contribution is -0.229. The highest BCUT2D eigenvalue weighted by atomic mass is 35.5. The Hall–Kier alpha value is -1.07. The predicted molar refractivity (Wildman–Crippen MR) is 255 cm³/mol. The Balaban J connectivity index is 1.98. The number of carbonyl (C=O) groups is 3. The molecule has 61 heavy (non-hydrogen) atoms. The lowest BCUT2D eigenvalue weighted by Gasteiger charge is -2.46. The molecular weight excluding hydrogens is 808 g/mol. The third-order valence-corrected chi connectivity index (χ3v) is 14.2. The predicted octanol–water partition coefficient (Wildman–Crippen LogP) is 12.5. The van der Waals surface area contributed by atoms with Crippen LogP contribution in [0.3, 0.4) is 0 Å². The molecule has 0 aromatic heterocycles. The number of hydrogen-bond acceptors (Lipinski definition) is 9. The Bertz CT molecular complexity index is 1130. The van der Waals surface area contributed by atoms with E-state index in [2.05, 4.69) is 31.0 Å². The molecule has 2 saturated heterocycles. The van der Waals surface area contributed by atoms with E-state index in [0.717, 1.165) is 64.3 Å². The largest absolute Gasteiger partial charge is 0.455 e. The van der Waals surface area contributed by atoms with Crippen LogP contribution in [0.2, 0.25) is 0 Å². The zero-order chi connectivity index (χ0) is 44.7. The molecule has 2 heterocycles.